The van der Waals surface area contributed by atoms with E-state index in [0.717, 1.165) is 27.7 Å². The number of rotatable bonds is 4. The molecular formula is C9H13N5S2. The first-order valence-corrected chi connectivity index (χ1v) is 6.74. The number of nitrogens with zero attached hydrogens (tertiary/aromatic N) is 2. The van der Waals surface area contributed by atoms with Crippen molar-refractivity contribution in [1.82, 2.24) is 14.6 Å². The number of hydrogen-bond acceptors (Lipinski definition) is 6. The number of thioether (sulfide) groups is 1. The molecule has 0 aliphatic heterocycles. The number of aromatic nitrogens is 3. The molecule has 2 heterocycles. The zero-order chi connectivity index (χ0) is 11.5. The van der Waals surface area contributed by atoms with Gasteiger partial charge in [-0.25, -0.2) is 0 Å². The normalized spacial score (nSPS) is 10.6. The number of H-pyrrole nitrogens is 1. The molecule has 0 amide bonds. The van der Waals surface area contributed by atoms with Crippen LogP contribution in [0, 0.1) is 6.92 Å². The van der Waals surface area contributed by atoms with Crippen molar-refractivity contribution in [3.05, 3.63) is 17.5 Å². The van der Waals surface area contributed by atoms with E-state index in [1.54, 1.807) is 11.8 Å². The van der Waals surface area contributed by atoms with E-state index in [1.165, 1.54) is 11.5 Å². The molecule has 0 saturated carbocycles. The molecule has 2 aromatic heterocycles. The lowest BCUT2D eigenvalue weighted by atomic mass is 10.3. The third-order valence-corrected chi connectivity index (χ3v) is 4.02. The number of nitrogens with two attached hydrogens (primary N) is 1. The van der Waals surface area contributed by atoms with Crippen LogP contribution in [-0.4, -0.2) is 20.8 Å². The van der Waals surface area contributed by atoms with Gasteiger partial charge in [0.25, 0.3) is 0 Å². The van der Waals surface area contributed by atoms with E-state index in [-0.39, 0.29) is 0 Å². The van der Waals surface area contributed by atoms with Crippen LogP contribution in [0.3, 0.4) is 0 Å². The Morgan fingerprint density at radius 2 is 2.44 bits per heavy atom. The minimum absolute atomic E-state index is 0.601. The van der Waals surface area contributed by atoms with Crippen molar-refractivity contribution in [2.24, 2.45) is 0 Å². The summed E-state index contributed by atoms with van der Waals surface area (Å²) in [5.74, 6) is 0.601. The second-order valence-electron chi connectivity index (χ2n) is 3.30. The molecule has 0 atom stereocenters. The van der Waals surface area contributed by atoms with E-state index in [1.807, 2.05) is 19.4 Å². The van der Waals surface area contributed by atoms with Crippen LogP contribution >= 0.6 is 23.3 Å². The van der Waals surface area contributed by atoms with Gasteiger partial charge in [-0.15, -0.1) is 11.8 Å². The first-order chi connectivity index (χ1) is 7.72. The maximum absolute atomic E-state index is 5.75. The molecule has 2 aromatic rings. The van der Waals surface area contributed by atoms with E-state index >= 15 is 0 Å². The first-order valence-electron chi connectivity index (χ1n) is 4.74. The monoisotopic (exact) mass is 255 g/mol. The summed E-state index contributed by atoms with van der Waals surface area (Å²) >= 11 is 3.00. The minimum Gasteiger partial charge on any atom is -0.382 e. The van der Waals surface area contributed by atoms with Crippen molar-refractivity contribution in [3.63, 3.8) is 0 Å². The van der Waals surface area contributed by atoms with Gasteiger partial charge in [-0.2, -0.15) is 9.47 Å². The van der Waals surface area contributed by atoms with Crippen LogP contribution in [0.4, 0.5) is 10.8 Å². The van der Waals surface area contributed by atoms with Crippen LogP contribution in [0.5, 0.6) is 0 Å². The van der Waals surface area contributed by atoms with Crippen molar-refractivity contribution < 1.29 is 0 Å². The summed E-state index contributed by atoms with van der Waals surface area (Å²) in [5, 5.41) is 11.2. The highest BCUT2D eigenvalue weighted by molar-refractivity contribution is 7.99. The summed E-state index contributed by atoms with van der Waals surface area (Å²) in [5.41, 5.74) is 7.98. The standard InChI is InChI=1S/C9H13N5S2/c1-5-6(4-12-13-5)3-11-9-7(15-2)8(10)14-16-9/h4,11H,3H2,1-2H3,(H2,10,14)(H,12,13). The van der Waals surface area contributed by atoms with Gasteiger partial charge in [-0.1, -0.05) is 0 Å². The zero-order valence-electron chi connectivity index (χ0n) is 9.07. The molecule has 5 nitrogen and oxygen atoms in total. The number of nitrogen functional groups attached to an aromatic ring is 1. The van der Waals surface area contributed by atoms with Gasteiger partial charge in [-0.05, 0) is 24.7 Å². The molecule has 0 aliphatic carbocycles. The number of nitrogens with one attached hydrogen (secondary N) is 2. The summed E-state index contributed by atoms with van der Waals surface area (Å²) in [7, 11) is 0. The SMILES string of the molecule is CSc1c(N)nsc1NCc1cn[nH]c1C. The van der Waals surface area contributed by atoms with Crippen molar-refractivity contribution in [3.8, 4) is 0 Å². The van der Waals surface area contributed by atoms with Gasteiger partial charge < -0.3 is 11.1 Å². The molecular weight excluding hydrogens is 242 g/mol. The smallest absolute Gasteiger partial charge is 0.153 e. The van der Waals surface area contributed by atoms with Gasteiger partial charge in [0, 0.05) is 17.8 Å². The van der Waals surface area contributed by atoms with Crippen molar-refractivity contribution in [2.45, 2.75) is 18.4 Å². The summed E-state index contributed by atoms with van der Waals surface area (Å²) in [6.45, 7) is 2.73. The topological polar surface area (TPSA) is 79.6 Å². The third-order valence-electron chi connectivity index (χ3n) is 2.25. The highest BCUT2D eigenvalue weighted by Crippen LogP contribution is 2.34. The average Bonchev–Trinajstić information content (AvgIpc) is 2.82. The highest BCUT2D eigenvalue weighted by atomic mass is 32.2. The number of hydrogen-bond donors (Lipinski definition) is 3. The summed E-state index contributed by atoms with van der Waals surface area (Å²) < 4.78 is 4.12. The van der Waals surface area contributed by atoms with Gasteiger partial charge in [-0.3, -0.25) is 5.10 Å². The van der Waals surface area contributed by atoms with Crippen molar-refractivity contribution in [1.29, 1.82) is 0 Å². The molecule has 16 heavy (non-hydrogen) atoms. The van der Waals surface area contributed by atoms with E-state index < -0.39 is 0 Å². The molecule has 0 radical (unpaired) electrons. The van der Waals surface area contributed by atoms with E-state index in [2.05, 4.69) is 19.9 Å². The Kier molecular flexibility index (Phi) is 3.35. The van der Waals surface area contributed by atoms with Gasteiger partial charge in [0.1, 0.15) is 5.00 Å². The molecule has 86 valence electrons. The predicted molar refractivity (Wildman–Crippen MR) is 69.0 cm³/mol. The molecule has 4 N–H and O–H groups in total. The van der Waals surface area contributed by atoms with E-state index in [4.69, 9.17) is 5.73 Å². The molecule has 0 fully saturated rings. The third kappa shape index (κ3) is 2.14. The minimum atomic E-state index is 0.601. The van der Waals surface area contributed by atoms with E-state index in [9.17, 15) is 0 Å². The lowest BCUT2D eigenvalue weighted by Crippen LogP contribution is -1.99. The molecule has 2 rings (SSSR count). The fourth-order valence-corrected chi connectivity index (χ4v) is 2.87. The Morgan fingerprint density at radius 3 is 3.06 bits per heavy atom. The number of anilines is 2. The lowest BCUT2D eigenvalue weighted by Gasteiger charge is -2.04. The van der Waals surface area contributed by atoms with Crippen LogP contribution in [-0.2, 0) is 6.54 Å². The second kappa shape index (κ2) is 4.75. The predicted octanol–water partition coefficient (Wildman–Crippen LogP) is 2.09. The number of aromatic amines is 1. The molecule has 7 heteroatoms. The molecule has 0 spiro atoms. The van der Waals surface area contributed by atoms with Gasteiger partial charge in [0.05, 0.1) is 11.1 Å². The number of aryl methyl sites for hydroxylation is 1. The Balaban J connectivity index is 2.07. The Bertz CT molecular complexity index is 476. The van der Waals surface area contributed by atoms with Gasteiger partial charge in [0.2, 0.25) is 0 Å². The van der Waals surface area contributed by atoms with Crippen LogP contribution in [0.1, 0.15) is 11.3 Å². The molecule has 0 saturated heterocycles. The van der Waals surface area contributed by atoms with Crippen LogP contribution in [0.25, 0.3) is 0 Å². The zero-order valence-corrected chi connectivity index (χ0v) is 10.7. The Hall–Kier alpha value is -1.21. The fraction of sp³-hybridized carbons (Fsp3) is 0.333. The maximum Gasteiger partial charge on any atom is 0.153 e. The van der Waals surface area contributed by atoms with Crippen LogP contribution in [0.15, 0.2) is 11.1 Å². The van der Waals surface area contributed by atoms with E-state index in [0.29, 0.717) is 5.82 Å². The maximum atomic E-state index is 5.75. The van der Waals surface area contributed by atoms with Crippen LogP contribution < -0.4 is 11.1 Å². The average molecular weight is 255 g/mol. The molecule has 0 unspecified atom stereocenters. The highest BCUT2D eigenvalue weighted by Gasteiger charge is 2.10. The fourth-order valence-electron chi connectivity index (χ4n) is 1.33. The lowest BCUT2D eigenvalue weighted by molar-refractivity contribution is 1.04. The summed E-state index contributed by atoms with van der Waals surface area (Å²) in [6.07, 6.45) is 3.82. The van der Waals surface area contributed by atoms with Crippen molar-refractivity contribution in [2.75, 3.05) is 17.3 Å². The van der Waals surface area contributed by atoms with Gasteiger partial charge >= 0.3 is 0 Å². The largest absolute Gasteiger partial charge is 0.382 e. The molecule has 0 bridgehead atoms. The summed E-state index contributed by atoms with van der Waals surface area (Å²) in [6, 6.07) is 0. The summed E-state index contributed by atoms with van der Waals surface area (Å²) in [4.78, 5) is 1.02. The van der Waals surface area contributed by atoms with Gasteiger partial charge in [0.15, 0.2) is 5.82 Å². The van der Waals surface area contributed by atoms with Crippen molar-refractivity contribution >= 4 is 34.1 Å². The Morgan fingerprint density at radius 1 is 1.62 bits per heavy atom. The Labute approximate surface area is 102 Å². The molecule has 0 aliphatic rings. The van der Waals surface area contributed by atoms with Crippen LogP contribution in [0.2, 0.25) is 0 Å². The first kappa shape index (κ1) is 11.3. The second-order valence-corrected chi connectivity index (χ2v) is 4.89. The quantitative estimate of drug-likeness (QED) is 0.729. The molecule has 0 aromatic carbocycles.